The number of hydrogen-bond donors (Lipinski definition) is 1. The van der Waals surface area contributed by atoms with Gasteiger partial charge in [-0.25, -0.2) is 13.8 Å². The highest BCUT2D eigenvalue weighted by atomic mass is 19.2. The number of benzene rings is 2. The Kier molecular flexibility index (Phi) is 4.41. The Hall–Kier alpha value is -2.63. The van der Waals surface area contributed by atoms with Crippen molar-refractivity contribution in [2.75, 3.05) is 13.7 Å². The average molecular weight is 318 g/mol. The minimum atomic E-state index is -0.890. The van der Waals surface area contributed by atoms with Crippen molar-refractivity contribution in [3.8, 4) is 11.5 Å². The fourth-order valence-corrected chi connectivity index (χ4v) is 2.28. The Morgan fingerprint density at radius 1 is 1.04 bits per heavy atom. The molecule has 0 saturated carbocycles. The van der Waals surface area contributed by atoms with Crippen LogP contribution in [-0.4, -0.2) is 23.7 Å². The number of nitrogens with zero attached hydrogens (tertiary/aromatic N) is 1. The quantitative estimate of drug-likeness (QED) is 0.702. The van der Waals surface area contributed by atoms with Crippen LogP contribution in [0.25, 0.3) is 11.0 Å². The summed E-state index contributed by atoms with van der Waals surface area (Å²) in [6, 6.07) is 9.56. The molecule has 1 heterocycles. The lowest BCUT2D eigenvalue weighted by molar-refractivity contribution is 0.309. The predicted octanol–water partition coefficient (Wildman–Crippen LogP) is 3.86. The highest BCUT2D eigenvalue weighted by Gasteiger charge is 2.08. The average Bonchev–Trinajstić information content (AvgIpc) is 2.94. The smallest absolute Gasteiger partial charge is 0.161 e. The molecule has 0 bridgehead atoms. The van der Waals surface area contributed by atoms with Gasteiger partial charge in [-0.15, -0.1) is 0 Å². The van der Waals surface area contributed by atoms with Gasteiger partial charge in [0.25, 0.3) is 0 Å². The zero-order chi connectivity index (χ0) is 16.2. The predicted molar refractivity (Wildman–Crippen MR) is 82.8 cm³/mol. The van der Waals surface area contributed by atoms with Crippen molar-refractivity contribution in [1.82, 2.24) is 9.97 Å². The van der Waals surface area contributed by atoms with E-state index in [1.807, 2.05) is 24.3 Å². The number of aryl methyl sites for hydroxylation is 1. The molecule has 2 aromatic carbocycles. The van der Waals surface area contributed by atoms with E-state index in [-0.39, 0.29) is 0 Å². The van der Waals surface area contributed by atoms with Crippen LogP contribution in [0.4, 0.5) is 8.78 Å². The number of fused-ring (bicyclic) bond motifs is 1. The van der Waals surface area contributed by atoms with Gasteiger partial charge in [-0.1, -0.05) is 0 Å². The van der Waals surface area contributed by atoms with Crippen LogP contribution in [0, 0.1) is 11.6 Å². The van der Waals surface area contributed by atoms with Gasteiger partial charge in [0, 0.05) is 18.6 Å². The van der Waals surface area contributed by atoms with Gasteiger partial charge in [0.1, 0.15) is 17.3 Å². The molecule has 0 radical (unpaired) electrons. The second kappa shape index (κ2) is 6.64. The minimum absolute atomic E-state index is 0.426. The first-order valence-electron chi connectivity index (χ1n) is 7.26. The van der Waals surface area contributed by atoms with Gasteiger partial charge in [0.15, 0.2) is 11.6 Å². The van der Waals surface area contributed by atoms with Gasteiger partial charge in [-0.3, -0.25) is 0 Å². The molecule has 0 unspecified atom stereocenters. The minimum Gasteiger partial charge on any atom is -0.497 e. The summed E-state index contributed by atoms with van der Waals surface area (Å²) in [5, 5.41) is 0. The van der Waals surface area contributed by atoms with E-state index in [9.17, 15) is 8.78 Å². The molecule has 1 aromatic heterocycles. The SMILES string of the molecule is COc1ccc(OCCCc2nc3cc(F)c(F)cc3[nH]2)cc1. The van der Waals surface area contributed by atoms with Crippen LogP contribution in [0.15, 0.2) is 36.4 Å². The number of aromatic amines is 1. The standard InChI is InChI=1S/C17H16F2N2O2/c1-22-11-4-6-12(7-5-11)23-8-2-3-17-20-15-9-13(18)14(19)10-16(15)21-17/h4-7,9-10H,2-3,8H2,1H3,(H,20,21). The molecule has 0 amide bonds. The third-order valence-corrected chi connectivity index (χ3v) is 3.46. The normalized spacial score (nSPS) is 10.9. The van der Waals surface area contributed by atoms with E-state index in [1.165, 1.54) is 0 Å². The third kappa shape index (κ3) is 3.59. The van der Waals surface area contributed by atoms with E-state index in [2.05, 4.69) is 9.97 Å². The maximum absolute atomic E-state index is 13.2. The van der Waals surface area contributed by atoms with E-state index in [1.54, 1.807) is 7.11 Å². The highest BCUT2D eigenvalue weighted by molar-refractivity contribution is 5.75. The molecule has 23 heavy (non-hydrogen) atoms. The van der Waals surface area contributed by atoms with Crippen molar-refractivity contribution < 1.29 is 18.3 Å². The van der Waals surface area contributed by atoms with Gasteiger partial charge in [0.2, 0.25) is 0 Å². The Morgan fingerprint density at radius 3 is 2.48 bits per heavy atom. The zero-order valence-corrected chi connectivity index (χ0v) is 12.6. The molecule has 0 aliphatic heterocycles. The van der Waals surface area contributed by atoms with Crippen LogP contribution in [0.1, 0.15) is 12.2 Å². The fourth-order valence-electron chi connectivity index (χ4n) is 2.28. The second-order valence-electron chi connectivity index (χ2n) is 5.09. The van der Waals surface area contributed by atoms with Crippen molar-refractivity contribution >= 4 is 11.0 Å². The number of H-pyrrole nitrogens is 1. The maximum atomic E-state index is 13.2. The van der Waals surface area contributed by atoms with Gasteiger partial charge in [-0.05, 0) is 30.7 Å². The van der Waals surface area contributed by atoms with Gasteiger partial charge in [-0.2, -0.15) is 0 Å². The Balaban J connectivity index is 1.54. The Morgan fingerprint density at radius 2 is 1.74 bits per heavy atom. The topological polar surface area (TPSA) is 47.1 Å². The first kappa shape index (κ1) is 15.3. The van der Waals surface area contributed by atoms with Crippen LogP contribution in [0.2, 0.25) is 0 Å². The third-order valence-electron chi connectivity index (χ3n) is 3.46. The number of methoxy groups -OCH3 is 1. The molecule has 3 aromatic rings. The molecule has 0 aliphatic rings. The molecule has 3 rings (SSSR count). The number of imidazole rings is 1. The van der Waals surface area contributed by atoms with Crippen molar-refractivity contribution in [2.24, 2.45) is 0 Å². The summed E-state index contributed by atoms with van der Waals surface area (Å²) in [4.78, 5) is 7.24. The summed E-state index contributed by atoms with van der Waals surface area (Å²) in [5.74, 6) is 0.455. The van der Waals surface area contributed by atoms with Crippen molar-refractivity contribution in [2.45, 2.75) is 12.8 Å². The molecule has 120 valence electrons. The van der Waals surface area contributed by atoms with E-state index in [0.717, 1.165) is 30.1 Å². The first-order chi connectivity index (χ1) is 11.2. The molecule has 0 fully saturated rings. The molecule has 6 heteroatoms. The lowest BCUT2D eigenvalue weighted by Crippen LogP contribution is -2.00. The van der Waals surface area contributed by atoms with E-state index < -0.39 is 11.6 Å². The van der Waals surface area contributed by atoms with E-state index in [0.29, 0.717) is 29.9 Å². The highest BCUT2D eigenvalue weighted by Crippen LogP contribution is 2.18. The Labute approximate surface area is 132 Å². The summed E-state index contributed by atoms with van der Waals surface area (Å²) in [5.41, 5.74) is 0.921. The first-order valence-corrected chi connectivity index (χ1v) is 7.26. The number of nitrogens with one attached hydrogen (secondary N) is 1. The largest absolute Gasteiger partial charge is 0.497 e. The molecule has 4 nitrogen and oxygen atoms in total. The number of halogens is 2. The van der Waals surface area contributed by atoms with E-state index in [4.69, 9.17) is 9.47 Å². The second-order valence-corrected chi connectivity index (χ2v) is 5.09. The lowest BCUT2D eigenvalue weighted by Gasteiger charge is -2.06. The Bertz CT molecular complexity index is 761. The van der Waals surface area contributed by atoms with Crippen molar-refractivity contribution in [3.05, 3.63) is 53.9 Å². The summed E-state index contributed by atoms with van der Waals surface area (Å²) in [6.45, 7) is 0.520. The molecule has 0 saturated heterocycles. The van der Waals surface area contributed by atoms with Gasteiger partial charge < -0.3 is 14.5 Å². The number of aromatic nitrogens is 2. The molecular formula is C17H16F2N2O2. The van der Waals surface area contributed by atoms with Crippen molar-refractivity contribution in [1.29, 1.82) is 0 Å². The molecule has 1 N–H and O–H groups in total. The lowest BCUT2D eigenvalue weighted by atomic mass is 10.3. The molecule has 0 aliphatic carbocycles. The van der Waals surface area contributed by atoms with Crippen LogP contribution >= 0.6 is 0 Å². The van der Waals surface area contributed by atoms with Crippen LogP contribution in [-0.2, 0) is 6.42 Å². The van der Waals surface area contributed by atoms with Gasteiger partial charge >= 0.3 is 0 Å². The number of hydrogen-bond acceptors (Lipinski definition) is 3. The zero-order valence-electron chi connectivity index (χ0n) is 12.6. The number of rotatable bonds is 6. The molecule has 0 atom stereocenters. The maximum Gasteiger partial charge on any atom is 0.161 e. The van der Waals surface area contributed by atoms with Crippen LogP contribution in [0.3, 0.4) is 0 Å². The number of ether oxygens (including phenoxy) is 2. The summed E-state index contributed by atoms with van der Waals surface area (Å²) in [7, 11) is 1.61. The molecule has 0 spiro atoms. The summed E-state index contributed by atoms with van der Waals surface area (Å²) in [6.07, 6.45) is 1.37. The monoisotopic (exact) mass is 318 g/mol. The van der Waals surface area contributed by atoms with Crippen LogP contribution in [0.5, 0.6) is 11.5 Å². The summed E-state index contributed by atoms with van der Waals surface area (Å²) >= 11 is 0. The summed E-state index contributed by atoms with van der Waals surface area (Å²) < 4.78 is 37.0. The fraction of sp³-hybridized carbons (Fsp3) is 0.235. The van der Waals surface area contributed by atoms with Crippen LogP contribution < -0.4 is 9.47 Å². The van der Waals surface area contributed by atoms with E-state index >= 15 is 0 Å². The van der Waals surface area contributed by atoms with Crippen molar-refractivity contribution in [3.63, 3.8) is 0 Å². The van der Waals surface area contributed by atoms with Gasteiger partial charge in [0.05, 0.1) is 24.8 Å². The molecular weight excluding hydrogens is 302 g/mol.